The van der Waals surface area contributed by atoms with Crippen molar-refractivity contribution >= 4 is 10.9 Å². The van der Waals surface area contributed by atoms with E-state index >= 15 is 0 Å². The predicted octanol–water partition coefficient (Wildman–Crippen LogP) is 4.80. The van der Waals surface area contributed by atoms with E-state index in [-0.39, 0.29) is 5.56 Å². The van der Waals surface area contributed by atoms with Crippen LogP contribution in [-0.4, -0.2) is 20.8 Å². The molecule has 0 amide bonds. The molecule has 3 aromatic carbocycles. The molecule has 2 aromatic heterocycles. The molecule has 1 atom stereocenters. The second-order valence-electron chi connectivity index (χ2n) is 9.52. The first-order valence-electron chi connectivity index (χ1n) is 12.1. The molecule has 0 aliphatic carbocycles. The number of nitrogens with zero attached hydrogens (tertiary/aromatic N) is 3. The molecule has 5 aromatic rings. The largest absolute Gasteiger partial charge is 0.496 e. The highest BCUT2D eigenvalue weighted by molar-refractivity contribution is 5.99. The maximum Gasteiger partial charge on any atom is 0.331 e. The molecule has 0 radical (unpaired) electrons. The molecule has 7 heteroatoms. The van der Waals surface area contributed by atoms with Crippen LogP contribution in [0.3, 0.4) is 0 Å². The van der Waals surface area contributed by atoms with Gasteiger partial charge in [-0.25, -0.2) is 4.79 Å². The molecule has 3 heterocycles. The van der Waals surface area contributed by atoms with E-state index in [4.69, 9.17) is 9.47 Å². The molecule has 6 rings (SSSR count). The summed E-state index contributed by atoms with van der Waals surface area (Å²) >= 11 is 0. The summed E-state index contributed by atoms with van der Waals surface area (Å²) in [7, 11) is 4.85. The van der Waals surface area contributed by atoms with Gasteiger partial charge in [-0.2, -0.15) is 0 Å². The summed E-state index contributed by atoms with van der Waals surface area (Å²) in [6.45, 7) is 4.06. The Morgan fingerprint density at radius 1 is 0.892 bits per heavy atom. The highest BCUT2D eigenvalue weighted by Crippen LogP contribution is 2.48. The van der Waals surface area contributed by atoms with Gasteiger partial charge in [0.1, 0.15) is 11.5 Å². The van der Waals surface area contributed by atoms with Crippen molar-refractivity contribution in [2.45, 2.75) is 20.0 Å². The van der Waals surface area contributed by atoms with E-state index in [2.05, 4.69) is 10.6 Å². The van der Waals surface area contributed by atoms with Gasteiger partial charge >= 0.3 is 5.69 Å². The second kappa shape index (κ2) is 8.27. The Bertz CT molecular complexity index is 1840. The summed E-state index contributed by atoms with van der Waals surface area (Å²) in [5.74, 6) is 1.35. The van der Waals surface area contributed by atoms with Crippen LogP contribution in [-0.2, 0) is 14.1 Å². The summed E-state index contributed by atoms with van der Waals surface area (Å²) < 4.78 is 17.2. The van der Waals surface area contributed by atoms with Crippen molar-refractivity contribution in [1.82, 2.24) is 13.7 Å². The lowest BCUT2D eigenvalue weighted by Crippen LogP contribution is -2.37. The van der Waals surface area contributed by atoms with Crippen molar-refractivity contribution in [1.29, 1.82) is 0 Å². The first kappa shape index (κ1) is 22.9. The van der Waals surface area contributed by atoms with Crippen molar-refractivity contribution < 1.29 is 9.47 Å². The van der Waals surface area contributed by atoms with E-state index in [9.17, 15) is 9.59 Å². The fraction of sp³-hybridized carbons (Fsp3) is 0.200. The fourth-order valence-corrected chi connectivity index (χ4v) is 5.46. The van der Waals surface area contributed by atoms with Gasteiger partial charge in [0, 0.05) is 25.2 Å². The van der Waals surface area contributed by atoms with Gasteiger partial charge in [-0.1, -0.05) is 48.5 Å². The lowest BCUT2D eigenvalue weighted by molar-refractivity contribution is 0.223. The maximum absolute atomic E-state index is 13.8. The van der Waals surface area contributed by atoms with Crippen LogP contribution < -0.4 is 20.7 Å². The lowest BCUT2D eigenvalue weighted by Gasteiger charge is -2.31. The minimum atomic E-state index is -0.621. The van der Waals surface area contributed by atoms with Crippen LogP contribution >= 0.6 is 0 Å². The molecule has 1 aliphatic heterocycles. The lowest BCUT2D eigenvalue weighted by atomic mass is 10.0. The zero-order valence-electron chi connectivity index (χ0n) is 21.4. The number of fused-ring (bicyclic) bond motifs is 5. The van der Waals surface area contributed by atoms with Gasteiger partial charge in [-0.3, -0.25) is 13.9 Å². The number of benzene rings is 3. The summed E-state index contributed by atoms with van der Waals surface area (Å²) in [6, 6.07) is 21.7. The Kier molecular flexibility index (Phi) is 5.12. The molecule has 37 heavy (non-hydrogen) atoms. The molecule has 7 nitrogen and oxygen atoms in total. The normalized spacial score (nSPS) is 14.2. The van der Waals surface area contributed by atoms with Gasteiger partial charge in [0.25, 0.3) is 5.56 Å². The molecule has 0 saturated carbocycles. The first-order valence-corrected chi connectivity index (χ1v) is 12.1. The number of aromatic nitrogens is 3. The van der Waals surface area contributed by atoms with E-state index in [1.807, 2.05) is 74.5 Å². The van der Waals surface area contributed by atoms with Crippen LogP contribution in [0.4, 0.5) is 0 Å². The summed E-state index contributed by atoms with van der Waals surface area (Å²) in [6.07, 6.45) is -0.621. The SMILES string of the molecule is COc1ccccc1[C@@H]1Oc2ccc(C)cc2-n2c(-c3ccccc3C)c3c(=O)n(C)c(=O)n(C)c3c21. The standard InChI is InChI=1S/C30H27N3O4/c1-17-14-15-23-21(16-17)33-25(19-11-7-6-10-18(19)2)24-26(31(3)30(35)32(4)29(24)34)27(33)28(37-23)20-12-8-9-13-22(20)36-5/h6-16,28H,1-5H3/t28-/m0/s1. The third-order valence-electron chi connectivity index (χ3n) is 7.28. The topological polar surface area (TPSA) is 67.4 Å². The third-order valence-corrected chi connectivity index (χ3v) is 7.28. The third kappa shape index (κ3) is 3.20. The molecule has 0 saturated heterocycles. The number of para-hydroxylation sites is 1. The number of methoxy groups -OCH3 is 1. The highest BCUT2D eigenvalue weighted by Gasteiger charge is 2.37. The number of rotatable bonds is 3. The average molecular weight is 494 g/mol. The highest BCUT2D eigenvalue weighted by atomic mass is 16.5. The Morgan fingerprint density at radius 2 is 1.62 bits per heavy atom. The number of hydrogen-bond acceptors (Lipinski definition) is 4. The first-order chi connectivity index (χ1) is 17.8. The molecular formula is C30H27N3O4. The number of ether oxygens (including phenoxy) is 2. The predicted molar refractivity (Wildman–Crippen MR) is 144 cm³/mol. The monoisotopic (exact) mass is 493 g/mol. The molecule has 0 fully saturated rings. The van der Waals surface area contributed by atoms with E-state index in [1.165, 1.54) is 11.6 Å². The van der Waals surface area contributed by atoms with E-state index in [1.54, 1.807) is 18.7 Å². The summed E-state index contributed by atoms with van der Waals surface area (Å²) in [5.41, 5.74) is 5.91. The Labute approximate surface area is 213 Å². The summed E-state index contributed by atoms with van der Waals surface area (Å²) in [4.78, 5) is 27.1. The smallest absolute Gasteiger partial charge is 0.331 e. The molecule has 0 spiro atoms. The number of hydrogen-bond donors (Lipinski definition) is 0. The fourth-order valence-electron chi connectivity index (χ4n) is 5.46. The maximum atomic E-state index is 13.8. The molecule has 0 bridgehead atoms. The van der Waals surface area contributed by atoms with Crippen molar-refractivity contribution in [2.75, 3.05) is 7.11 Å². The van der Waals surface area contributed by atoms with E-state index < -0.39 is 11.8 Å². The van der Waals surface area contributed by atoms with Crippen molar-refractivity contribution in [3.05, 3.63) is 110 Å². The minimum absolute atomic E-state index is 0.341. The van der Waals surface area contributed by atoms with Crippen LogP contribution in [0.25, 0.3) is 27.8 Å². The Hall–Kier alpha value is -4.52. The molecule has 0 unspecified atom stereocenters. The molecule has 186 valence electrons. The quantitative estimate of drug-likeness (QED) is 0.362. The zero-order valence-corrected chi connectivity index (χ0v) is 21.4. The van der Waals surface area contributed by atoms with Crippen LogP contribution in [0, 0.1) is 13.8 Å². The van der Waals surface area contributed by atoms with Crippen molar-refractivity contribution in [3.63, 3.8) is 0 Å². The van der Waals surface area contributed by atoms with Crippen LogP contribution in [0.1, 0.15) is 28.5 Å². The molecule has 1 aliphatic rings. The minimum Gasteiger partial charge on any atom is -0.496 e. The van der Waals surface area contributed by atoms with Crippen molar-refractivity contribution in [3.8, 4) is 28.4 Å². The van der Waals surface area contributed by atoms with Gasteiger partial charge in [0.15, 0.2) is 6.10 Å². The van der Waals surface area contributed by atoms with Gasteiger partial charge < -0.3 is 14.0 Å². The Balaban J connectivity index is 1.90. The number of aryl methyl sites for hydroxylation is 3. The van der Waals surface area contributed by atoms with E-state index in [0.29, 0.717) is 28.1 Å². The van der Waals surface area contributed by atoms with Gasteiger partial charge in [0.05, 0.1) is 35.1 Å². The van der Waals surface area contributed by atoms with Crippen LogP contribution in [0.15, 0.2) is 76.3 Å². The van der Waals surface area contributed by atoms with Crippen LogP contribution in [0.2, 0.25) is 0 Å². The van der Waals surface area contributed by atoms with Gasteiger partial charge in [-0.05, 0) is 43.2 Å². The van der Waals surface area contributed by atoms with E-state index in [0.717, 1.165) is 33.6 Å². The molecule has 0 N–H and O–H groups in total. The van der Waals surface area contributed by atoms with Crippen molar-refractivity contribution in [2.24, 2.45) is 14.1 Å². The second-order valence-corrected chi connectivity index (χ2v) is 9.52. The van der Waals surface area contributed by atoms with Crippen LogP contribution in [0.5, 0.6) is 11.5 Å². The Morgan fingerprint density at radius 3 is 2.38 bits per heavy atom. The van der Waals surface area contributed by atoms with Gasteiger partial charge in [-0.15, -0.1) is 0 Å². The zero-order chi connectivity index (χ0) is 26.0. The molecular weight excluding hydrogens is 466 g/mol. The summed E-state index contributed by atoms with van der Waals surface area (Å²) in [5, 5.41) is 0.478. The average Bonchev–Trinajstić information content (AvgIpc) is 3.27. The van der Waals surface area contributed by atoms with Gasteiger partial charge in [0.2, 0.25) is 0 Å².